The lowest BCUT2D eigenvalue weighted by atomic mass is 10.0. The molecule has 1 aliphatic rings. The Morgan fingerprint density at radius 1 is 0.850 bits per heavy atom. The molecule has 0 saturated heterocycles. The Bertz CT molecular complexity index is 394. The summed E-state index contributed by atoms with van der Waals surface area (Å²) in [4.78, 5) is 17.0. The molecule has 0 radical (unpaired) electrons. The molecule has 0 fully saturated rings. The van der Waals surface area contributed by atoms with Crippen molar-refractivity contribution in [3.8, 4) is 6.01 Å². The highest BCUT2D eigenvalue weighted by Gasteiger charge is 2.02. The van der Waals surface area contributed by atoms with E-state index in [0.29, 0.717) is 6.01 Å². The van der Waals surface area contributed by atoms with Crippen molar-refractivity contribution in [3.63, 3.8) is 0 Å². The van der Waals surface area contributed by atoms with E-state index < -0.39 is 0 Å². The molecular formula is C15H24N4O. The Morgan fingerprint density at radius 3 is 2.25 bits per heavy atom. The topological polar surface area (TPSA) is 59.9 Å². The first-order valence-corrected chi connectivity index (χ1v) is 7.69. The quantitative estimate of drug-likeness (QED) is 0.855. The zero-order valence-corrected chi connectivity index (χ0v) is 12.1. The maximum Gasteiger partial charge on any atom is 0.345 e. The first-order valence-electron chi connectivity index (χ1n) is 7.69. The number of hydrogen-bond acceptors (Lipinski definition) is 5. The van der Waals surface area contributed by atoms with Crippen LogP contribution in [0.2, 0.25) is 0 Å². The third kappa shape index (κ3) is 5.99. The van der Waals surface area contributed by atoms with E-state index in [9.17, 15) is 0 Å². The number of nitrogens with one attached hydrogen (secondary N) is 1. The van der Waals surface area contributed by atoms with Crippen LogP contribution in [0, 0.1) is 0 Å². The van der Waals surface area contributed by atoms with Gasteiger partial charge in [-0.2, -0.15) is 9.97 Å². The third-order valence-electron chi connectivity index (χ3n) is 3.53. The summed E-state index contributed by atoms with van der Waals surface area (Å²) in [5.41, 5.74) is 4.14. The van der Waals surface area contributed by atoms with Gasteiger partial charge >= 0.3 is 6.01 Å². The number of hydroxylamine groups is 1. The zero-order chi connectivity index (χ0) is 13.9. The van der Waals surface area contributed by atoms with Crippen LogP contribution < -0.4 is 10.3 Å². The first-order chi connectivity index (χ1) is 9.95. The van der Waals surface area contributed by atoms with Crippen LogP contribution in [-0.2, 0) is 0 Å². The van der Waals surface area contributed by atoms with E-state index in [1.54, 1.807) is 0 Å². The molecule has 5 nitrogen and oxygen atoms in total. The van der Waals surface area contributed by atoms with E-state index in [2.05, 4.69) is 26.5 Å². The molecule has 1 heterocycles. The van der Waals surface area contributed by atoms with Gasteiger partial charge in [-0.05, 0) is 25.7 Å². The van der Waals surface area contributed by atoms with Crippen LogP contribution in [0.3, 0.4) is 0 Å². The number of rotatable bonds is 3. The monoisotopic (exact) mass is 276 g/mol. The highest BCUT2D eigenvalue weighted by Crippen LogP contribution is 2.15. The molecule has 20 heavy (non-hydrogen) atoms. The molecule has 0 amide bonds. The third-order valence-corrected chi connectivity index (χ3v) is 3.53. The van der Waals surface area contributed by atoms with Crippen LogP contribution in [0.1, 0.15) is 64.2 Å². The lowest BCUT2D eigenvalue weighted by Crippen LogP contribution is -2.19. The standard InChI is InChI=1S/C15H24N4O/c1-2-4-6-8-10-14(11-9-7-5-3-1)19-20-15-17-12-16-13-18-15/h10,12-13,19H,1-9,11H2. The molecule has 0 saturated carbocycles. The van der Waals surface area contributed by atoms with Crippen LogP contribution in [0.15, 0.2) is 24.4 Å². The molecule has 0 bridgehead atoms. The number of allylic oxidation sites excluding steroid dienone is 2. The first kappa shape index (κ1) is 14.8. The molecule has 5 heteroatoms. The van der Waals surface area contributed by atoms with E-state index in [4.69, 9.17) is 4.84 Å². The molecule has 0 atom stereocenters. The van der Waals surface area contributed by atoms with Gasteiger partial charge in [-0.3, -0.25) is 0 Å². The second-order valence-corrected chi connectivity index (χ2v) is 5.22. The molecule has 0 aromatic carbocycles. The lowest BCUT2D eigenvalue weighted by molar-refractivity contribution is 0.202. The summed E-state index contributed by atoms with van der Waals surface area (Å²) in [5.74, 6) is 0. The van der Waals surface area contributed by atoms with E-state index in [-0.39, 0.29) is 0 Å². The van der Waals surface area contributed by atoms with Gasteiger partial charge in [0.25, 0.3) is 0 Å². The smallest absolute Gasteiger partial charge is 0.340 e. The van der Waals surface area contributed by atoms with E-state index in [1.807, 2.05) is 0 Å². The molecule has 1 aromatic rings. The second-order valence-electron chi connectivity index (χ2n) is 5.22. The largest absolute Gasteiger partial charge is 0.345 e. The van der Waals surface area contributed by atoms with Gasteiger partial charge in [-0.1, -0.05) is 44.6 Å². The van der Waals surface area contributed by atoms with E-state index in [1.165, 1.54) is 64.0 Å². The summed E-state index contributed by atoms with van der Waals surface area (Å²) in [6, 6.07) is 0.312. The lowest BCUT2D eigenvalue weighted by Gasteiger charge is -2.11. The number of aromatic nitrogens is 3. The van der Waals surface area contributed by atoms with Gasteiger partial charge in [0.05, 0.1) is 0 Å². The molecule has 0 spiro atoms. The van der Waals surface area contributed by atoms with Gasteiger partial charge in [0.15, 0.2) is 0 Å². The molecule has 1 aliphatic carbocycles. The molecule has 0 unspecified atom stereocenters. The van der Waals surface area contributed by atoms with Crippen LogP contribution in [0.4, 0.5) is 0 Å². The minimum atomic E-state index is 0.312. The van der Waals surface area contributed by atoms with E-state index >= 15 is 0 Å². The summed E-state index contributed by atoms with van der Waals surface area (Å²) in [6.45, 7) is 0. The fourth-order valence-electron chi connectivity index (χ4n) is 2.38. The highest BCUT2D eigenvalue weighted by molar-refractivity contribution is 4.99. The normalized spacial score (nSPS) is 18.3. The van der Waals surface area contributed by atoms with Crippen molar-refractivity contribution in [3.05, 3.63) is 24.4 Å². The van der Waals surface area contributed by atoms with Gasteiger partial charge in [-0.15, -0.1) is 0 Å². The average molecular weight is 276 g/mol. The minimum absolute atomic E-state index is 0.312. The number of hydrogen-bond donors (Lipinski definition) is 1. The Morgan fingerprint density at radius 2 is 1.50 bits per heavy atom. The van der Waals surface area contributed by atoms with Gasteiger partial charge in [0.1, 0.15) is 12.7 Å². The summed E-state index contributed by atoms with van der Waals surface area (Å²) in [6.07, 6.45) is 17.9. The summed E-state index contributed by atoms with van der Waals surface area (Å²) in [5, 5.41) is 0. The van der Waals surface area contributed by atoms with Gasteiger partial charge in [-0.25, -0.2) is 10.5 Å². The van der Waals surface area contributed by atoms with Crippen molar-refractivity contribution >= 4 is 0 Å². The SMILES string of the molecule is C1=C(NOc2ncncn2)CCCCCCCCCC1. The maximum atomic E-state index is 5.39. The molecule has 1 aromatic heterocycles. The van der Waals surface area contributed by atoms with Crippen molar-refractivity contribution in [1.29, 1.82) is 0 Å². The molecule has 2 rings (SSSR count). The van der Waals surface area contributed by atoms with Crippen LogP contribution in [0.25, 0.3) is 0 Å². The van der Waals surface area contributed by atoms with Crippen molar-refractivity contribution in [2.75, 3.05) is 0 Å². The van der Waals surface area contributed by atoms with Gasteiger partial charge < -0.3 is 4.84 Å². The summed E-state index contributed by atoms with van der Waals surface area (Å²) in [7, 11) is 0. The van der Waals surface area contributed by atoms with Crippen molar-refractivity contribution in [2.24, 2.45) is 0 Å². The number of nitrogens with zero attached hydrogens (tertiary/aromatic N) is 3. The minimum Gasteiger partial charge on any atom is -0.340 e. The average Bonchev–Trinajstić information content (AvgIpc) is 2.48. The Kier molecular flexibility index (Phi) is 6.85. The van der Waals surface area contributed by atoms with Gasteiger partial charge in [0.2, 0.25) is 0 Å². The molecule has 110 valence electrons. The second kappa shape index (κ2) is 9.28. The van der Waals surface area contributed by atoms with Crippen LogP contribution in [-0.4, -0.2) is 15.0 Å². The van der Waals surface area contributed by atoms with Crippen molar-refractivity contribution in [2.45, 2.75) is 64.2 Å². The summed E-state index contributed by atoms with van der Waals surface area (Å²) >= 11 is 0. The molecule has 0 aliphatic heterocycles. The van der Waals surface area contributed by atoms with Crippen molar-refractivity contribution in [1.82, 2.24) is 20.4 Å². The summed E-state index contributed by atoms with van der Waals surface area (Å²) < 4.78 is 0. The van der Waals surface area contributed by atoms with Crippen LogP contribution in [0.5, 0.6) is 6.01 Å². The fraction of sp³-hybridized carbons (Fsp3) is 0.667. The zero-order valence-electron chi connectivity index (χ0n) is 12.1. The highest BCUT2D eigenvalue weighted by atomic mass is 16.7. The predicted molar refractivity (Wildman–Crippen MR) is 77.8 cm³/mol. The van der Waals surface area contributed by atoms with E-state index in [0.717, 1.165) is 18.5 Å². The Balaban J connectivity index is 1.81. The van der Waals surface area contributed by atoms with Gasteiger partial charge in [0, 0.05) is 5.70 Å². The fourth-order valence-corrected chi connectivity index (χ4v) is 2.38. The van der Waals surface area contributed by atoms with Crippen LogP contribution >= 0.6 is 0 Å². The maximum absolute atomic E-state index is 5.39. The Hall–Kier alpha value is -1.65. The molecular weight excluding hydrogens is 252 g/mol. The Labute approximate surface area is 120 Å². The predicted octanol–water partition coefficient (Wildman–Crippen LogP) is 3.55. The van der Waals surface area contributed by atoms with Crippen molar-refractivity contribution < 1.29 is 4.84 Å². The molecule has 1 N–H and O–H groups in total.